The predicted molar refractivity (Wildman–Crippen MR) is 76.8 cm³/mol. The van der Waals surface area contributed by atoms with E-state index in [1.165, 1.54) is 23.1 Å². The predicted octanol–water partition coefficient (Wildman–Crippen LogP) is 2.00. The van der Waals surface area contributed by atoms with Gasteiger partial charge in [0.05, 0.1) is 0 Å². The third-order valence-electron chi connectivity index (χ3n) is 2.65. The van der Waals surface area contributed by atoms with Gasteiger partial charge in [0.2, 0.25) is 5.13 Å². The summed E-state index contributed by atoms with van der Waals surface area (Å²) in [6.07, 6.45) is 2.33. The Hall–Kier alpha value is -1.41. The number of nitrogens with two attached hydrogens (primary N) is 1. The molecule has 2 aromatic heterocycles. The number of nitrogens with zero attached hydrogens (tertiary/aromatic N) is 5. The molecule has 0 aromatic carbocycles. The third-order valence-corrected chi connectivity index (χ3v) is 4.71. The molecule has 0 spiro atoms. The first-order valence-electron chi connectivity index (χ1n) is 5.95. The van der Waals surface area contributed by atoms with Crippen LogP contribution < -0.4 is 10.6 Å². The van der Waals surface area contributed by atoms with Gasteiger partial charge in [0, 0.05) is 26.1 Å². The van der Waals surface area contributed by atoms with Gasteiger partial charge in [-0.05, 0) is 24.6 Å². The van der Waals surface area contributed by atoms with Crippen LogP contribution in [0.1, 0.15) is 24.6 Å². The van der Waals surface area contributed by atoms with E-state index in [9.17, 15) is 0 Å². The van der Waals surface area contributed by atoms with Gasteiger partial charge >= 0.3 is 0 Å². The number of hydrogen-bond acceptors (Lipinski definition) is 8. The fraction of sp³-hybridized carbons (Fsp3) is 0.455. The van der Waals surface area contributed by atoms with Crippen LogP contribution in [0.15, 0.2) is 15.4 Å². The summed E-state index contributed by atoms with van der Waals surface area (Å²) in [5.41, 5.74) is 5.83. The molecule has 0 amide bonds. The van der Waals surface area contributed by atoms with E-state index >= 15 is 0 Å². The van der Waals surface area contributed by atoms with Crippen LogP contribution in [0.3, 0.4) is 0 Å². The normalized spacial score (nSPS) is 14.6. The van der Waals surface area contributed by atoms with E-state index in [0.717, 1.165) is 33.2 Å². The summed E-state index contributed by atoms with van der Waals surface area (Å²) < 4.78 is 0.864. The van der Waals surface area contributed by atoms with E-state index < -0.39 is 0 Å². The van der Waals surface area contributed by atoms with Crippen LogP contribution in [0.2, 0.25) is 0 Å². The second kappa shape index (κ2) is 4.93. The van der Waals surface area contributed by atoms with Crippen molar-refractivity contribution >= 4 is 34.0 Å². The van der Waals surface area contributed by atoms with Crippen molar-refractivity contribution in [3.8, 4) is 0 Å². The van der Waals surface area contributed by atoms with Crippen molar-refractivity contribution in [3.63, 3.8) is 0 Å². The molecule has 0 saturated heterocycles. The van der Waals surface area contributed by atoms with Gasteiger partial charge in [-0.2, -0.15) is 0 Å². The van der Waals surface area contributed by atoms with Gasteiger partial charge < -0.3 is 10.6 Å². The fourth-order valence-corrected chi connectivity index (χ4v) is 3.28. The van der Waals surface area contributed by atoms with Crippen LogP contribution in [-0.2, 0) is 0 Å². The highest BCUT2D eigenvalue weighted by molar-refractivity contribution is 8.01. The highest BCUT2D eigenvalue weighted by Gasteiger charge is 2.27. The molecule has 1 fully saturated rings. The van der Waals surface area contributed by atoms with Crippen LogP contribution in [-0.4, -0.2) is 34.3 Å². The minimum absolute atomic E-state index is 0.495. The monoisotopic (exact) mass is 294 g/mol. The number of nitrogen functional groups attached to an aromatic ring is 1. The highest BCUT2D eigenvalue weighted by atomic mass is 32.2. The first kappa shape index (κ1) is 12.6. The zero-order chi connectivity index (χ0) is 13.4. The molecule has 8 heteroatoms. The highest BCUT2D eigenvalue weighted by Crippen LogP contribution is 2.40. The average molecular weight is 294 g/mol. The maximum atomic E-state index is 5.83. The van der Waals surface area contributed by atoms with Gasteiger partial charge in [0.1, 0.15) is 16.7 Å². The first-order chi connectivity index (χ1) is 9.11. The molecule has 6 nitrogen and oxygen atoms in total. The topological polar surface area (TPSA) is 80.8 Å². The Labute approximate surface area is 119 Å². The Bertz CT molecular complexity index is 593. The van der Waals surface area contributed by atoms with E-state index in [4.69, 9.17) is 5.73 Å². The SMILES string of the molecule is CN(C)c1nnc(Sc2cc(N)nc(C3CC3)n2)s1. The Morgan fingerprint density at radius 1 is 1.32 bits per heavy atom. The molecule has 1 aliphatic rings. The minimum atomic E-state index is 0.495. The summed E-state index contributed by atoms with van der Waals surface area (Å²) in [5, 5.41) is 9.97. The van der Waals surface area contributed by atoms with Gasteiger partial charge in [-0.15, -0.1) is 10.2 Å². The molecule has 2 aromatic rings. The molecule has 2 heterocycles. The summed E-state index contributed by atoms with van der Waals surface area (Å²) in [7, 11) is 3.89. The minimum Gasteiger partial charge on any atom is -0.384 e. The largest absolute Gasteiger partial charge is 0.384 e. The number of hydrogen-bond donors (Lipinski definition) is 1. The first-order valence-corrected chi connectivity index (χ1v) is 7.58. The van der Waals surface area contributed by atoms with Crippen molar-refractivity contribution in [2.45, 2.75) is 28.1 Å². The maximum absolute atomic E-state index is 5.83. The molecular formula is C11H14N6S2. The number of aromatic nitrogens is 4. The van der Waals surface area contributed by atoms with Gasteiger partial charge in [0.15, 0.2) is 4.34 Å². The van der Waals surface area contributed by atoms with Gasteiger partial charge in [-0.3, -0.25) is 0 Å². The zero-order valence-electron chi connectivity index (χ0n) is 10.7. The second-order valence-corrected chi connectivity index (χ2v) is 6.83. The Balaban J connectivity index is 1.81. The molecule has 19 heavy (non-hydrogen) atoms. The lowest BCUT2D eigenvalue weighted by atomic mass is 10.4. The zero-order valence-corrected chi connectivity index (χ0v) is 12.3. The second-order valence-electron chi connectivity index (χ2n) is 4.61. The quantitative estimate of drug-likeness (QED) is 0.864. The molecule has 0 bridgehead atoms. The molecular weight excluding hydrogens is 280 g/mol. The Morgan fingerprint density at radius 2 is 2.11 bits per heavy atom. The summed E-state index contributed by atoms with van der Waals surface area (Å²) in [4.78, 5) is 10.8. The van der Waals surface area contributed by atoms with Crippen molar-refractivity contribution in [3.05, 3.63) is 11.9 Å². The van der Waals surface area contributed by atoms with Gasteiger partial charge in [0.25, 0.3) is 0 Å². The van der Waals surface area contributed by atoms with Crippen molar-refractivity contribution in [1.29, 1.82) is 0 Å². The van der Waals surface area contributed by atoms with E-state index in [1.54, 1.807) is 6.07 Å². The lowest BCUT2D eigenvalue weighted by Gasteiger charge is -2.04. The molecule has 0 unspecified atom stereocenters. The average Bonchev–Trinajstić information content (AvgIpc) is 3.09. The van der Waals surface area contributed by atoms with Gasteiger partial charge in [-0.1, -0.05) is 11.3 Å². The molecule has 1 aliphatic carbocycles. The van der Waals surface area contributed by atoms with Gasteiger partial charge in [-0.25, -0.2) is 9.97 Å². The van der Waals surface area contributed by atoms with Crippen LogP contribution in [0, 0.1) is 0 Å². The molecule has 3 rings (SSSR count). The summed E-state index contributed by atoms with van der Waals surface area (Å²) >= 11 is 3.02. The van der Waals surface area contributed by atoms with Crippen LogP contribution in [0.5, 0.6) is 0 Å². The van der Waals surface area contributed by atoms with E-state index in [1.807, 2.05) is 19.0 Å². The lowest BCUT2D eigenvalue weighted by Crippen LogP contribution is -2.07. The molecule has 0 radical (unpaired) electrons. The number of anilines is 2. The molecule has 1 saturated carbocycles. The lowest BCUT2D eigenvalue weighted by molar-refractivity contribution is 0.882. The smallest absolute Gasteiger partial charge is 0.208 e. The van der Waals surface area contributed by atoms with E-state index in [0.29, 0.717) is 11.7 Å². The summed E-state index contributed by atoms with van der Waals surface area (Å²) in [5.74, 6) is 1.88. The van der Waals surface area contributed by atoms with Crippen molar-refractivity contribution in [1.82, 2.24) is 20.2 Å². The molecule has 100 valence electrons. The van der Waals surface area contributed by atoms with Crippen molar-refractivity contribution in [2.24, 2.45) is 0 Å². The van der Waals surface area contributed by atoms with Crippen LogP contribution >= 0.6 is 23.1 Å². The molecule has 0 atom stereocenters. The standard InChI is InChI=1S/C11H14N6S2/c1-17(2)10-15-16-11(19-10)18-8-5-7(12)13-9(14-8)6-3-4-6/h5-6H,3-4H2,1-2H3,(H2,12,13,14). The van der Waals surface area contributed by atoms with Crippen LogP contribution in [0.4, 0.5) is 10.9 Å². The third kappa shape index (κ3) is 2.95. The molecule has 2 N–H and O–H groups in total. The summed E-state index contributed by atoms with van der Waals surface area (Å²) in [6.45, 7) is 0. The number of rotatable bonds is 4. The van der Waals surface area contributed by atoms with Crippen LogP contribution in [0.25, 0.3) is 0 Å². The fourth-order valence-electron chi connectivity index (χ4n) is 1.55. The Morgan fingerprint density at radius 3 is 2.74 bits per heavy atom. The van der Waals surface area contributed by atoms with E-state index in [-0.39, 0.29) is 0 Å². The van der Waals surface area contributed by atoms with Crippen molar-refractivity contribution < 1.29 is 0 Å². The maximum Gasteiger partial charge on any atom is 0.208 e. The van der Waals surface area contributed by atoms with Crippen molar-refractivity contribution in [2.75, 3.05) is 24.7 Å². The Kier molecular flexibility index (Phi) is 3.28. The summed E-state index contributed by atoms with van der Waals surface area (Å²) in [6, 6.07) is 1.78. The van der Waals surface area contributed by atoms with E-state index in [2.05, 4.69) is 20.2 Å². The molecule has 0 aliphatic heterocycles.